The molecule has 0 saturated carbocycles. The number of carbonyl (C=O) groups excluding carboxylic acids is 1. The molecule has 208 valence electrons. The minimum atomic E-state index is -1.67. The lowest BCUT2D eigenvalue weighted by Gasteiger charge is -2.70. The Kier molecular flexibility index (Phi) is 13.3. The van der Waals surface area contributed by atoms with Crippen LogP contribution in [-0.2, 0) is 14.2 Å². The van der Waals surface area contributed by atoms with Gasteiger partial charge in [0.2, 0.25) is 0 Å². The number of esters is 1. The van der Waals surface area contributed by atoms with E-state index in [-0.39, 0.29) is 18.3 Å². The molecule has 1 fully saturated rings. The maximum absolute atomic E-state index is 11.7. The van der Waals surface area contributed by atoms with E-state index in [0.29, 0.717) is 24.1 Å². The van der Waals surface area contributed by atoms with E-state index in [0.717, 1.165) is 25.9 Å². The van der Waals surface area contributed by atoms with E-state index in [9.17, 15) is 4.79 Å². The van der Waals surface area contributed by atoms with Crippen LogP contribution in [0.1, 0.15) is 131 Å². The highest BCUT2D eigenvalue weighted by Gasteiger charge is 2.70. The molecule has 36 heavy (non-hydrogen) atoms. The van der Waals surface area contributed by atoms with Crippen LogP contribution in [0.15, 0.2) is 12.2 Å². The minimum absolute atomic E-state index is 0.0532. The summed E-state index contributed by atoms with van der Waals surface area (Å²) in [6, 6.07) is 0.543. The maximum Gasteiger partial charge on any atom is 0.388 e. The van der Waals surface area contributed by atoms with Gasteiger partial charge < -0.3 is 13.9 Å². The summed E-state index contributed by atoms with van der Waals surface area (Å²) in [6.45, 7) is 17.8. The lowest BCUT2D eigenvalue weighted by molar-refractivity contribution is -0.143. The molecule has 1 saturated heterocycles. The Labute approximate surface area is 225 Å². The highest BCUT2D eigenvalue weighted by Crippen LogP contribution is 2.63. The van der Waals surface area contributed by atoms with Crippen molar-refractivity contribution >= 4 is 21.3 Å². The number of fused-ring (bicyclic) bond motifs is 1. The average Bonchev–Trinajstić information content (AvgIpc) is 2.80. The zero-order valence-corrected chi connectivity index (χ0v) is 26.0. The first-order valence-corrected chi connectivity index (χ1v) is 18.3. The van der Waals surface area contributed by atoms with Crippen molar-refractivity contribution in [3.63, 3.8) is 0 Å². The second kappa shape index (κ2) is 15.1. The van der Waals surface area contributed by atoms with Crippen molar-refractivity contribution in [2.45, 2.75) is 160 Å². The summed E-state index contributed by atoms with van der Waals surface area (Å²) in [5, 5.41) is 0.499. The second-order valence-corrected chi connectivity index (χ2v) is 18.0. The highest BCUT2D eigenvalue weighted by molar-refractivity contribution is 6.87. The Bertz CT molecular complexity index is 678. The SMILES string of the molecule is CCCCCCCCCCCCOB1N([Si](C)(C)C(C)(C)C)[C@@H]2C=C[C@]12CCCCCC(=O)OCC. The smallest absolute Gasteiger partial charge is 0.388 e. The molecule has 0 aromatic carbocycles. The van der Waals surface area contributed by atoms with Crippen molar-refractivity contribution in [3.8, 4) is 0 Å². The van der Waals surface area contributed by atoms with Gasteiger partial charge in [0.05, 0.1) is 6.61 Å². The lowest BCUT2D eigenvalue weighted by atomic mass is 9.36. The molecule has 0 spiro atoms. The van der Waals surface area contributed by atoms with Crippen LogP contribution in [0.2, 0.25) is 23.4 Å². The van der Waals surface area contributed by atoms with E-state index in [2.05, 4.69) is 57.4 Å². The molecule has 0 unspecified atom stereocenters. The van der Waals surface area contributed by atoms with Gasteiger partial charge in [0.15, 0.2) is 0 Å². The topological polar surface area (TPSA) is 38.8 Å². The molecule has 0 aromatic rings. The Hall–Kier alpha value is -0.588. The number of hydrogen-bond donors (Lipinski definition) is 0. The van der Waals surface area contributed by atoms with Gasteiger partial charge in [-0.05, 0) is 31.2 Å². The Balaban J connectivity index is 1.80. The molecule has 0 radical (unpaired) electrons. The summed E-state index contributed by atoms with van der Waals surface area (Å²) < 4.78 is 14.6. The van der Waals surface area contributed by atoms with E-state index in [1.165, 1.54) is 70.6 Å². The first kappa shape index (κ1) is 31.6. The van der Waals surface area contributed by atoms with Crippen LogP contribution < -0.4 is 0 Å². The molecule has 2 rings (SSSR count). The first-order valence-electron chi connectivity index (χ1n) is 15.4. The zero-order chi connectivity index (χ0) is 26.7. The Morgan fingerprint density at radius 2 is 1.50 bits per heavy atom. The molecule has 0 bridgehead atoms. The largest absolute Gasteiger partial charge is 0.466 e. The van der Waals surface area contributed by atoms with Crippen LogP contribution >= 0.6 is 0 Å². The molecular formula is C30H58BNO3Si. The number of carbonyl (C=O) groups is 1. The third-order valence-electron chi connectivity index (χ3n) is 9.20. The van der Waals surface area contributed by atoms with Gasteiger partial charge in [0.1, 0.15) is 8.24 Å². The quantitative estimate of drug-likeness (QED) is 0.0696. The normalized spacial score (nSPS) is 21.8. The number of hydrogen-bond acceptors (Lipinski definition) is 4. The second-order valence-electron chi connectivity index (χ2n) is 12.9. The lowest BCUT2D eigenvalue weighted by Crippen LogP contribution is -2.81. The van der Waals surface area contributed by atoms with Crippen LogP contribution in [0.3, 0.4) is 0 Å². The molecule has 0 amide bonds. The van der Waals surface area contributed by atoms with Crippen LogP contribution in [0, 0.1) is 0 Å². The summed E-state index contributed by atoms with van der Waals surface area (Å²) in [6.07, 6.45) is 23.4. The van der Waals surface area contributed by atoms with Crippen LogP contribution in [0.25, 0.3) is 0 Å². The zero-order valence-electron chi connectivity index (χ0n) is 25.0. The molecule has 1 aliphatic heterocycles. The van der Waals surface area contributed by atoms with Crippen LogP contribution in [0.5, 0.6) is 0 Å². The van der Waals surface area contributed by atoms with E-state index >= 15 is 0 Å². The van der Waals surface area contributed by atoms with E-state index in [1.807, 2.05) is 6.92 Å². The van der Waals surface area contributed by atoms with Crippen LogP contribution in [0.4, 0.5) is 0 Å². The Morgan fingerprint density at radius 1 is 0.917 bits per heavy atom. The van der Waals surface area contributed by atoms with Gasteiger partial charge in [0, 0.05) is 24.4 Å². The number of nitrogens with zero attached hydrogens (tertiary/aromatic N) is 1. The summed E-state index contributed by atoms with van der Waals surface area (Å²) in [5.41, 5.74) is 0. The van der Waals surface area contributed by atoms with E-state index < -0.39 is 8.24 Å². The summed E-state index contributed by atoms with van der Waals surface area (Å²) >= 11 is 0. The Morgan fingerprint density at radius 3 is 2.03 bits per heavy atom. The van der Waals surface area contributed by atoms with Gasteiger partial charge in [-0.3, -0.25) is 4.79 Å². The molecule has 0 N–H and O–H groups in total. The van der Waals surface area contributed by atoms with Crippen molar-refractivity contribution < 1.29 is 14.2 Å². The molecule has 0 aromatic heterocycles. The number of unbranched alkanes of at least 4 members (excludes halogenated alkanes) is 11. The molecule has 6 heteroatoms. The monoisotopic (exact) mass is 519 g/mol. The van der Waals surface area contributed by atoms with Gasteiger partial charge in [-0.25, -0.2) is 0 Å². The van der Waals surface area contributed by atoms with Gasteiger partial charge >= 0.3 is 13.0 Å². The predicted octanol–water partition coefficient (Wildman–Crippen LogP) is 8.93. The van der Waals surface area contributed by atoms with E-state index in [1.54, 1.807) is 0 Å². The van der Waals surface area contributed by atoms with Crippen molar-refractivity contribution in [2.24, 2.45) is 0 Å². The molecular weight excluding hydrogens is 461 g/mol. The van der Waals surface area contributed by atoms with Gasteiger partial charge in [0.25, 0.3) is 0 Å². The highest BCUT2D eigenvalue weighted by atomic mass is 28.3. The predicted molar refractivity (Wildman–Crippen MR) is 158 cm³/mol. The van der Waals surface area contributed by atoms with Crippen molar-refractivity contribution in [3.05, 3.63) is 12.2 Å². The first-order chi connectivity index (χ1) is 17.1. The number of rotatable bonds is 20. The molecule has 2 atom stereocenters. The summed E-state index contributed by atoms with van der Waals surface area (Å²) in [7, 11) is -1.43. The fourth-order valence-electron chi connectivity index (χ4n) is 5.85. The third kappa shape index (κ3) is 8.20. The van der Waals surface area contributed by atoms with Crippen LogP contribution in [-0.4, -0.2) is 45.0 Å². The fraction of sp³-hybridized carbons (Fsp3) is 0.900. The van der Waals surface area contributed by atoms with Crippen molar-refractivity contribution in [2.75, 3.05) is 13.2 Å². The summed E-state index contributed by atoms with van der Waals surface area (Å²) in [4.78, 5) is 11.7. The molecule has 1 aliphatic carbocycles. The van der Waals surface area contributed by atoms with Gasteiger partial charge in [-0.2, -0.15) is 0 Å². The van der Waals surface area contributed by atoms with Crippen molar-refractivity contribution in [1.82, 2.24) is 4.48 Å². The molecule has 2 aliphatic rings. The third-order valence-corrected chi connectivity index (χ3v) is 14.7. The summed E-state index contributed by atoms with van der Waals surface area (Å²) in [5.74, 6) is -0.0532. The fourth-order valence-corrected chi connectivity index (χ4v) is 8.54. The van der Waals surface area contributed by atoms with E-state index in [4.69, 9.17) is 9.39 Å². The van der Waals surface area contributed by atoms with Crippen molar-refractivity contribution in [1.29, 1.82) is 0 Å². The number of ether oxygens (including phenoxy) is 1. The molecule has 4 nitrogen and oxygen atoms in total. The standard InChI is InChI=1S/C30H58BNO3Si/c1-8-10-11-12-13-14-15-16-17-21-26-35-31-30(24-20-18-19-22-28(33)34-9-2)25-23-27(30)32(31)36(6,7)29(3,4)5/h23,25,27H,8-22,24,26H2,1-7H3/t27-,30+/m1/s1. The maximum atomic E-state index is 11.7. The average molecular weight is 520 g/mol. The van der Waals surface area contributed by atoms with Gasteiger partial charge in [-0.15, -0.1) is 0 Å². The minimum Gasteiger partial charge on any atom is -0.466 e. The van der Waals surface area contributed by atoms with Gasteiger partial charge in [-0.1, -0.05) is 124 Å². The molecule has 1 heterocycles.